The Hall–Kier alpha value is -2.36. The number of benzene rings is 1. The summed E-state index contributed by atoms with van der Waals surface area (Å²) >= 11 is 0. The van der Waals surface area contributed by atoms with Crippen molar-refractivity contribution in [1.82, 2.24) is 4.98 Å². The van der Waals surface area contributed by atoms with Crippen LogP contribution in [0.4, 0.5) is 0 Å². The predicted octanol–water partition coefficient (Wildman–Crippen LogP) is 1.62. The minimum absolute atomic E-state index is 0.197. The maximum Gasteiger partial charge on any atom is 0.351 e. The fourth-order valence-electron chi connectivity index (χ4n) is 1.41. The summed E-state index contributed by atoms with van der Waals surface area (Å²) in [6, 6.07) is 9.45. The van der Waals surface area contributed by atoms with E-state index in [0.29, 0.717) is 5.56 Å². The van der Waals surface area contributed by atoms with E-state index in [2.05, 4.69) is 4.98 Å². The molecule has 3 N–H and O–H groups in total. The molecule has 0 spiro atoms. The number of hydrogen-bond acceptors (Lipinski definition) is 3. The van der Waals surface area contributed by atoms with Crippen LogP contribution in [0.3, 0.4) is 0 Å². The van der Waals surface area contributed by atoms with E-state index >= 15 is 0 Å². The summed E-state index contributed by atoms with van der Waals surface area (Å²) in [7, 11) is 0. The van der Waals surface area contributed by atoms with Crippen LogP contribution in [0.1, 0.15) is 5.56 Å². The number of pyridine rings is 1. The number of nitrogens with zero attached hydrogens (tertiary/aromatic N) is 1. The van der Waals surface area contributed by atoms with Crippen molar-refractivity contribution in [3.63, 3.8) is 0 Å². The van der Waals surface area contributed by atoms with Crippen molar-refractivity contribution in [1.29, 1.82) is 0 Å². The van der Waals surface area contributed by atoms with Gasteiger partial charge < -0.3 is 10.8 Å². The molecule has 0 aliphatic carbocycles. The van der Waals surface area contributed by atoms with Crippen molar-refractivity contribution >= 4 is 22.9 Å². The number of aromatic nitrogens is 1. The first-order chi connectivity index (χ1) is 7.66. The van der Waals surface area contributed by atoms with Crippen LogP contribution in [0, 0.1) is 0 Å². The van der Waals surface area contributed by atoms with E-state index in [-0.39, 0.29) is 5.70 Å². The fourth-order valence-corrected chi connectivity index (χ4v) is 1.41. The molecule has 0 bridgehead atoms. The molecule has 0 saturated carbocycles. The van der Waals surface area contributed by atoms with Crippen LogP contribution in [0.15, 0.2) is 42.2 Å². The second-order valence-corrected chi connectivity index (χ2v) is 3.37. The quantitative estimate of drug-likeness (QED) is 0.745. The van der Waals surface area contributed by atoms with E-state index in [9.17, 15) is 4.79 Å². The number of aliphatic carboxylic acids is 1. The third-order valence-electron chi connectivity index (χ3n) is 2.18. The molecule has 4 heteroatoms. The molecule has 0 radical (unpaired) electrons. The van der Waals surface area contributed by atoms with Crippen LogP contribution in [-0.4, -0.2) is 16.1 Å². The zero-order chi connectivity index (χ0) is 11.5. The van der Waals surface area contributed by atoms with E-state index < -0.39 is 5.97 Å². The second-order valence-electron chi connectivity index (χ2n) is 3.37. The first-order valence-electron chi connectivity index (χ1n) is 4.72. The molecule has 0 amide bonds. The van der Waals surface area contributed by atoms with Crippen LogP contribution >= 0.6 is 0 Å². The van der Waals surface area contributed by atoms with Gasteiger partial charge in [0.2, 0.25) is 0 Å². The van der Waals surface area contributed by atoms with E-state index in [0.717, 1.165) is 10.9 Å². The summed E-state index contributed by atoms with van der Waals surface area (Å²) in [5, 5.41) is 9.60. The maximum atomic E-state index is 10.6. The SMILES string of the molecule is N/C(=C/c1cnc2ccccc2c1)C(=O)O. The number of fused-ring (bicyclic) bond motifs is 1. The van der Waals surface area contributed by atoms with Crippen molar-refractivity contribution in [2.45, 2.75) is 0 Å². The van der Waals surface area contributed by atoms with Gasteiger partial charge in [-0.05, 0) is 23.8 Å². The fraction of sp³-hybridized carbons (Fsp3) is 0. The summed E-state index contributed by atoms with van der Waals surface area (Å²) in [6.07, 6.45) is 2.99. The van der Waals surface area contributed by atoms with E-state index in [4.69, 9.17) is 10.8 Å². The third kappa shape index (κ3) is 2.00. The molecule has 0 fully saturated rings. The Balaban J connectivity index is 2.47. The normalized spacial score (nSPS) is 11.6. The predicted molar refractivity (Wildman–Crippen MR) is 61.5 cm³/mol. The van der Waals surface area contributed by atoms with E-state index in [1.54, 1.807) is 6.20 Å². The molecule has 2 rings (SSSR count). The largest absolute Gasteiger partial charge is 0.477 e. The Kier molecular flexibility index (Phi) is 2.55. The van der Waals surface area contributed by atoms with Crippen LogP contribution in [0.5, 0.6) is 0 Å². The number of carboxylic acid groups (broad SMARTS) is 1. The lowest BCUT2D eigenvalue weighted by atomic mass is 10.1. The highest BCUT2D eigenvalue weighted by Crippen LogP contribution is 2.14. The average Bonchev–Trinajstić information content (AvgIpc) is 2.28. The molecular formula is C12H10N2O2. The molecule has 2 aromatic rings. The summed E-state index contributed by atoms with van der Waals surface area (Å²) in [4.78, 5) is 14.8. The molecule has 4 nitrogen and oxygen atoms in total. The van der Waals surface area contributed by atoms with Crippen molar-refractivity contribution in [3.8, 4) is 0 Å². The topological polar surface area (TPSA) is 76.2 Å². The Morgan fingerprint density at radius 1 is 1.38 bits per heavy atom. The van der Waals surface area contributed by atoms with Gasteiger partial charge in [-0.3, -0.25) is 4.98 Å². The Morgan fingerprint density at radius 2 is 2.12 bits per heavy atom. The van der Waals surface area contributed by atoms with Gasteiger partial charge in [0.15, 0.2) is 0 Å². The average molecular weight is 214 g/mol. The maximum absolute atomic E-state index is 10.6. The molecule has 0 aliphatic heterocycles. The van der Waals surface area contributed by atoms with Crippen molar-refractivity contribution in [3.05, 3.63) is 47.8 Å². The highest BCUT2D eigenvalue weighted by atomic mass is 16.4. The smallest absolute Gasteiger partial charge is 0.351 e. The third-order valence-corrected chi connectivity index (χ3v) is 2.18. The number of hydrogen-bond donors (Lipinski definition) is 2. The lowest BCUT2D eigenvalue weighted by molar-refractivity contribution is -0.132. The molecule has 16 heavy (non-hydrogen) atoms. The molecular weight excluding hydrogens is 204 g/mol. The monoisotopic (exact) mass is 214 g/mol. The number of para-hydroxylation sites is 1. The standard InChI is InChI=1S/C12H10N2O2/c13-10(12(15)16)6-8-5-9-3-1-2-4-11(9)14-7-8/h1-7H,13H2,(H,15,16)/b10-6+. The number of rotatable bonds is 2. The Bertz CT molecular complexity index is 576. The lowest BCUT2D eigenvalue weighted by Gasteiger charge is -1.99. The zero-order valence-corrected chi connectivity index (χ0v) is 8.42. The summed E-state index contributed by atoms with van der Waals surface area (Å²) in [5.41, 5.74) is 6.68. The molecule has 1 aromatic carbocycles. The zero-order valence-electron chi connectivity index (χ0n) is 8.42. The molecule has 80 valence electrons. The van der Waals surface area contributed by atoms with Crippen LogP contribution in [-0.2, 0) is 4.79 Å². The van der Waals surface area contributed by atoms with Gasteiger partial charge in [0.25, 0.3) is 0 Å². The number of carboxylic acids is 1. The van der Waals surface area contributed by atoms with E-state index in [1.807, 2.05) is 30.3 Å². The molecule has 1 heterocycles. The minimum atomic E-state index is -1.13. The van der Waals surface area contributed by atoms with Gasteiger partial charge in [0.1, 0.15) is 5.70 Å². The van der Waals surface area contributed by atoms with Crippen molar-refractivity contribution in [2.75, 3.05) is 0 Å². The molecule has 0 atom stereocenters. The van der Waals surface area contributed by atoms with Gasteiger partial charge in [0.05, 0.1) is 5.52 Å². The van der Waals surface area contributed by atoms with Gasteiger partial charge in [-0.1, -0.05) is 18.2 Å². The Labute approximate surface area is 92.0 Å². The summed E-state index contributed by atoms with van der Waals surface area (Å²) in [6.45, 7) is 0. The first-order valence-corrected chi connectivity index (χ1v) is 4.72. The molecule has 0 unspecified atom stereocenters. The van der Waals surface area contributed by atoms with Gasteiger partial charge in [-0.2, -0.15) is 0 Å². The van der Waals surface area contributed by atoms with E-state index in [1.165, 1.54) is 6.08 Å². The summed E-state index contributed by atoms with van der Waals surface area (Å²) < 4.78 is 0. The number of nitrogens with two attached hydrogens (primary N) is 1. The van der Waals surface area contributed by atoms with Crippen molar-refractivity contribution in [2.24, 2.45) is 5.73 Å². The number of carbonyl (C=O) groups is 1. The molecule has 0 saturated heterocycles. The highest BCUT2D eigenvalue weighted by molar-refractivity contribution is 5.91. The van der Waals surface area contributed by atoms with Gasteiger partial charge in [-0.15, -0.1) is 0 Å². The van der Waals surface area contributed by atoms with Gasteiger partial charge >= 0.3 is 5.97 Å². The van der Waals surface area contributed by atoms with Gasteiger partial charge in [-0.25, -0.2) is 4.79 Å². The molecule has 0 aliphatic rings. The first kappa shape index (κ1) is 10.2. The van der Waals surface area contributed by atoms with Crippen LogP contribution in [0.25, 0.3) is 17.0 Å². The highest BCUT2D eigenvalue weighted by Gasteiger charge is 2.01. The Morgan fingerprint density at radius 3 is 2.88 bits per heavy atom. The minimum Gasteiger partial charge on any atom is -0.477 e. The lowest BCUT2D eigenvalue weighted by Crippen LogP contribution is -2.09. The second kappa shape index (κ2) is 4.02. The summed E-state index contributed by atoms with van der Waals surface area (Å²) in [5.74, 6) is -1.13. The van der Waals surface area contributed by atoms with Gasteiger partial charge in [0, 0.05) is 11.6 Å². The van der Waals surface area contributed by atoms with Crippen LogP contribution < -0.4 is 5.73 Å². The van der Waals surface area contributed by atoms with Crippen molar-refractivity contribution < 1.29 is 9.90 Å². The van der Waals surface area contributed by atoms with Crippen LogP contribution in [0.2, 0.25) is 0 Å². The molecule has 1 aromatic heterocycles.